The normalized spacial score (nSPS) is 18.1. The van der Waals surface area contributed by atoms with Crippen molar-refractivity contribution in [3.63, 3.8) is 0 Å². The van der Waals surface area contributed by atoms with Gasteiger partial charge in [0.05, 0.1) is 0 Å². The molecule has 1 aliphatic rings. The molecule has 1 N–H and O–H groups in total. The Bertz CT molecular complexity index is 587. The number of fused-ring (bicyclic) bond motifs is 1. The predicted octanol–water partition coefficient (Wildman–Crippen LogP) is 3.37. The molecule has 0 saturated carbocycles. The molecular formula is C18H19FO2. The maximum Gasteiger partial charge on any atom is 0.123 e. The summed E-state index contributed by atoms with van der Waals surface area (Å²) in [5.74, 6) is 0.810. The minimum Gasteiger partial charge on any atom is -0.490 e. The molecule has 2 atom stereocenters. The first kappa shape index (κ1) is 14.1. The van der Waals surface area contributed by atoms with Crippen molar-refractivity contribution in [2.24, 2.45) is 5.92 Å². The smallest absolute Gasteiger partial charge is 0.123 e. The summed E-state index contributed by atoms with van der Waals surface area (Å²) in [6, 6.07) is 14.6. The van der Waals surface area contributed by atoms with Crippen molar-refractivity contribution in [1.82, 2.24) is 0 Å². The van der Waals surface area contributed by atoms with Gasteiger partial charge in [0.2, 0.25) is 0 Å². The molecular weight excluding hydrogens is 267 g/mol. The molecule has 2 nitrogen and oxygen atoms in total. The molecule has 3 rings (SSSR count). The summed E-state index contributed by atoms with van der Waals surface area (Å²) in [5.41, 5.74) is 2.15. The fraction of sp³-hybridized carbons (Fsp3) is 0.333. The van der Waals surface area contributed by atoms with E-state index in [4.69, 9.17) is 4.74 Å². The second-order valence-corrected chi connectivity index (χ2v) is 5.67. The molecule has 1 aliphatic heterocycles. The molecule has 1 heterocycles. The van der Waals surface area contributed by atoms with E-state index in [-0.39, 0.29) is 24.4 Å². The highest BCUT2D eigenvalue weighted by Crippen LogP contribution is 2.31. The van der Waals surface area contributed by atoms with Crippen LogP contribution in [-0.2, 0) is 12.8 Å². The van der Waals surface area contributed by atoms with E-state index in [1.54, 1.807) is 6.07 Å². The summed E-state index contributed by atoms with van der Waals surface area (Å²) in [7, 11) is 0. The molecule has 3 heteroatoms. The molecule has 2 aromatic carbocycles. The molecule has 0 saturated heterocycles. The van der Waals surface area contributed by atoms with Crippen LogP contribution < -0.4 is 4.74 Å². The third-order valence-corrected chi connectivity index (χ3v) is 3.98. The number of hydrogen-bond acceptors (Lipinski definition) is 2. The van der Waals surface area contributed by atoms with Crippen molar-refractivity contribution < 1.29 is 14.2 Å². The Morgan fingerprint density at radius 1 is 1.19 bits per heavy atom. The summed E-state index contributed by atoms with van der Waals surface area (Å²) < 4.78 is 19.1. The van der Waals surface area contributed by atoms with Gasteiger partial charge in [-0.2, -0.15) is 0 Å². The second kappa shape index (κ2) is 6.27. The van der Waals surface area contributed by atoms with Gasteiger partial charge in [0.15, 0.2) is 0 Å². The first-order chi connectivity index (χ1) is 10.2. The highest BCUT2D eigenvalue weighted by Gasteiger charge is 2.25. The van der Waals surface area contributed by atoms with Crippen LogP contribution in [0.1, 0.15) is 17.5 Å². The number of ether oxygens (including phenoxy) is 1. The number of hydrogen-bond donors (Lipinski definition) is 1. The topological polar surface area (TPSA) is 29.5 Å². The minimum atomic E-state index is -0.228. The molecule has 0 spiro atoms. The van der Waals surface area contributed by atoms with Gasteiger partial charge in [-0.1, -0.05) is 30.3 Å². The summed E-state index contributed by atoms with van der Waals surface area (Å²) >= 11 is 0. The van der Waals surface area contributed by atoms with E-state index in [2.05, 4.69) is 6.07 Å². The van der Waals surface area contributed by atoms with E-state index in [9.17, 15) is 9.50 Å². The Hall–Kier alpha value is -1.87. The van der Waals surface area contributed by atoms with Gasteiger partial charge in [0.1, 0.15) is 17.7 Å². The standard InChI is InChI=1S/C18H19FO2/c19-16-6-3-4-13(9-16)8-14(12-20)10-17-11-15-5-1-2-7-18(15)21-17/h1-7,9,14,17,20H,8,10-12H2. The van der Waals surface area contributed by atoms with Gasteiger partial charge >= 0.3 is 0 Å². The molecule has 110 valence electrons. The van der Waals surface area contributed by atoms with Crippen molar-refractivity contribution in [3.8, 4) is 5.75 Å². The van der Waals surface area contributed by atoms with Crippen LogP contribution >= 0.6 is 0 Å². The van der Waals surface area contributed by atoms with Crippen LogP contribution in [0.5, 0.6) is 5.75 Å². The van der Waals surface area contributed by atoms with Gasteiger partial charge in [0, 0.05) is 13.0 Å². The molecule has 0 amide bonds. The number of para-hydroxylation sites is 1. The van der Waals surface area contributed by atoms with Gasteiger partial charge in [-0.25, -0.2) is 4.39 Å². The molecule has 0 bridgehead atoms. The van der Waals surface area contributed by atoms with Crippen LogP contribution in [0.15, 0.2) is 48.5 Å². The average Bonchev–Trinajstić information content (AvgIpc) is 2.89. The van der Waals surface area contributed by atoms with E-state index in [0.29, 0.717) is 6.42 Å². The van der Waals surface area contributed by atoms with Crippen LogP contribution in [0.3, 0.4) is 0 Å². The molecule has 21 heavy (non-hydrogen) atoms. The average molecular weight is 286 g/mol. The van der Waals surface area contributed by atoms with Gasteiger partial charge in [-0.05, 0) is 48.1 Å². The van der Waals surface area contributed by atoms with E-state index < -0.39 is 0 Å². The lowest BCUT2D eigenvalue weighted by Gasteiger charge is -2.18. The number of benzene rings is 2. The summed E-state index contributed by atoms with van der Waals surface area (Å²) in [4.78, 5) is 0. The SMILES string of the molecule is OCC(Cc1cccc(F)c1)CC1Cc2ccccc2O1. The molecule has 0 fully saturated rings. The molecule has 2 aromatic rings. The lowest BCUT2D eigenvalue weighted by Crippen LogP contribution is -2.22. The third-order valence-electron chi connectivity index (χ3n) is 3.98. The lowest BCUT2D eigenvalue weighted by atomic mass is 9.93. The van der Waals surface area contributed by atoms with Crippen molar-refractivity contribution >= 4 is 0 Å². The van der Waals surface area contributed by atoms with Crippen LogP contribution in [0.25, 0.3) is 0 Å². The van der Waals surface area contributed by atoms with Crippen molar-refractivity contribution in [2.45, 2.75) is 25.4 Å². The van der Waals surface area contributed by atoms with E-state index in [0.717, 1.165) is 24.2 Å². The van der Waals surface area contributed by atoms with Gasteiger partial charge in [-0.3, -0.25) is 0 Å². The number of aliphatic hydroxyl groups is 1. The van der Waals surface area contributed by atoms with Crippen molar-refractivity contribution in [2.75, 3.05) is 6.61 Å². The Morgan fingerprint density at radius 2 is 2.05 bits per heavy atom. The fourth-order valence-electron chi connectivity index (χ4n) is 2.98. The minimum absolute atomic E-state index is 0.0890. The summed E-state index contributed by atoms with van der Waals surface area (Å²) in [6.07, 6.45) is 2.44. The highest BCUT2D eigenvalue weighted by molar-refractivity contribution is 5.37. The zero-order chi connectivity index (χ0) is 14.7. The first-order valence-electron chi connectivity index (χ1n) is 7.34. The van der Waals surface area contributed by atoms with Gasteiger partial charge < -0.3 is 9.84 Å². The molecule has 0 radical (unpaired) electrons. The Kier molecular flexibility index (Phi) is 4.20. The lowest BCUT2D eigenvalue weighted by molar-refractivity contribution is 0.149. The predicted molar refractivity (Wildman–Crippen MR) is 79.9 cm³/mol. The number of rotatable bonds is 5. The molecule has 0 aromatic heterocycles. The van der Waals surface area contributed by atoms with Crippen LogP contribution in [-0.4, -0.2) is 17.8 Å². The van der Waals surface area contributed by atoms with Gasteiger partial charge in [-0.15, -0.1) is 0 Å². The quantitative estimate of drug-likeness (QED) is 0.913. The Labute approximate surface area is 124 Å². The zero-order valence-corrected chi connectivity index (χ0v) is 11.8. The number of aliphatic hydroxyl groups excluding tert-OH is 1. The maximum absolute atomic E-state index is 13.2. The van der Waals surface area contributed by atoms with Crippen LogP contribution in [0, 0.1) is 11.7 Å². The summed E-state index contributed by atoms with van der Waals surface area (Å²) in [5, 5.41) is 9.58. The Morgan fingerprint density at radius 3 is 2.81 bits per heavy atom. The second-order valence-electron chi connectivity index (χ2n) is 5.67. The fourth-order valence-corrected chi connectivity index (χ4v) is 2.98. The molecule has 0 aliphatic carbocycles. The summed E-state index contributed by atoms with van der Waals surface area (Å²) in [6.45, 7) is 0.0900. The highest BCUT2D eigenvalue weighted by atomic mass is 19.1. The Balaban J connectivity index is 1.61. The van der Waals surface area contributed by atoms with E-state index in [1.807, 2.05) is 24.3 Å². The van der Waals surface area contributed by atoms with Crippen molar-refractivity contribution in [1.29, 1.82) is 0 Å². The van der Waals surface area contributed by atoms with Crippen LogP contribution in [0.4, 0.5) is 4.39 Å². The van der Waals surface area contributed by atoms with Crippen molar-refractivity contribution in [3.05, 3.63) is 65.5 Å². The zero-order valence-electron chi connectivity index (χ0n) is 11.8. The molecule has 2 unspecified atom stereocenters. The first-order valence-corrected chi connectivity index (χ1v) is 7.34. The van der Waals surface area contributed by atoms with Crippen LogP contribution in [0.2, 0.25) is 0 Å². The van der Waals surface area contributed by atoms with E-state index in [1.165, 1.54) is 17.7 Å². The largest absolute Gasteiger partial charge is 0.490 e. The maximum atomic E-state index is 13.2. The van der Waals surface area contributed by atoms with E-state index >= 15 is 0 Å². The number of halogens is 1. The van der Waals surface area contributed by atoms with Gasteiger partial charge in [0.25, 0.3) is 0 Å². The monoisotopic (exact) mass is 286 g/mol. The third kappa shape index (κ3) is 3.42.